The Morgan fingerprint density at radius 2 is 1.28 bits per heavy atom. The Morgan fingerprint density at radius 3 is 1.85 bits per heavy atom. The summed E-state index contributed by atoms with van der Waals surface area (Å²) in [6, 6.07) is 0. The van der Waals surface area contributed by atoms with Gasteiger partial charge in [0.2, 0.25) is 0 Å². The Balaban J connectivity index is 1.92. The largest absolute Gasteiger partial charge is 0.394 e. The molecule has 19 heteroatoms. The minimum absolute atomic E-state index is 0.0790. The quantitative estimate of drug-likeness (QED) is 0.0502. The Hall–Kier alpha value is 0.01000. The van der Waals surface area contributed by atoms with Crippen molar-refractivity contribution in [1.29, 1.82) is 0 Å². The third-order valence-corrected chi connectivity index (χ3v) is 8.58. The van der Waals surface area contributed by atoms with Gasteiger partial charge in [0.15, 0.2) is 12.6 Å². The van der Waals surface area contributed by atoms with Crippen LogP contribution in [0, 0.1) is 0 Å². The first-order valence-electron chi connectivity index (χ1n) is 15.6. The van der Waals surface area contributed by atoms with Gasteiger partial charge in [0, 0.05) is 6.54 Å². The summed E-state index contributed by atoms with van der Waals surface area (Å²) in [4.78, 5) is 0. The number of halogens is 1. The lowest BCUT2D eigenvalue weighted by Crippen LogP contribution is -2.69. The molecule has 3 heterocycles. The average Bonchev–Trinajstić information content (AvgIpc) is 3.02. The molecule has 10 N–H and O–H groups in total. The summed E-state index contributed by atoms with van der Waals surface area (Å²) in [5.74, 6) is 0. The van der Waals surface area contributed by atoms with Crippen molar-refractivity contribution in [1.82, 2.24) is 0 Å². The monoisotopic (exact) mass is 801 g/mol. The Bertz CT molecular complexity index is 909. The van der Waals surface area contributed by atoms with Crippen molar-refractivity contribution in [3.05, 3.63) is 0 Å². The zero-order chi connectivity index (χ0) is 35.1. The molecule has 3 fully saturated rings. The minimum Gasteiger partial charge on any atom is -0.394 e. The van der Waals surface area contributed by atoms with E-state index in [4.69, 9.17) is 46.7 Å². The van der Waals surface area contributed by atoms with Crippen molar-refractivity contribution in [2.45, 2.75) is 131 Å². The molecular formula is C28H52INO17. The number of nitrogens with two attached hydrogens (primary N) is 1. The van der Waals surface area contributed by atoms with Crippen molar-refractivity contribution in [2.24, 2.45) is 5.73 Å². The summed E-state index contributed by atoms with van der Waals surface area (Å²) in [5.41, 5.74) is 4.20. The number of aliphatic hydroxyl groups is 8. The van der Waals surface area contributed by atoms with Gasteiger partial charge in [0.05, 0.1) is 51.3 Å². The van der Waals surface area contributed by atoms with Crippen LogP contribution >= 0.6 is 23.0 Å². The first-order chi connectivity index (χ1) is 22.2. The van der Waals surface area contributed by atoms with Crippen LogP contribution in [-0.2, 0) is 41.0 Å². The van der Waals surface area contributed by atoms with Gasteiger partial charge in [-0.05, 0) is 27.7 Å². The van der Waals surface area contributed by atoms with Crippen LogP contribution in [0.15, 0.2) is 0 Å². The van der Waals surface area contributed by atoms with Gasteiger partial charge >= 0.3 is 0 Å². The molecular weight excluding hydrogens is 749 g/mol. The topological polar surface area (TPSA) is 271 Å². The predicted octanol–water partition coefficient (Wildman–Crippen LogP) is -3.95. The molecule has 15 atom stereocenters. The third kappa shape index (κ3) is 10.3. The molecule has 0 spiro atoms. The standard InChI is InChI=1S/C28H52INO17/c1-12(2)42-22-18(35)15(11-41-29)45-26(21(22)38)47-24-20(37)17(34)14(10-32)44-27(24)46-23-19(36)16(33)13(9-31)43-25(23)28(3,4)40-8-7-39-6-5-30/h12-27,31-38H,5-11,30H2,1-4H3/t13?,14?,15?,16-,17-,18-,19?,20?,21?,22?,23?,24?,25+,26+,27-/m1/s1. The molecule has 0 amide bonds. The average molecular weight is 802 g/mol. The summed E-state index contributed by atoms with van der Waals surface area (Å²) < 4.78 is 51.9. The smallest absolute Gasteiger partial charge is 0.187 e. The lowest BCUT2D eigenvalue weighted by Gasteiger charge is -2.51. The van der Waals surface area contributed by atoms with E-state index in [1.807, 2.05) is 0 Å². The first-order valence-corrected chi connectivity index (χ1v) is 16.5. The van der Waals surface area contributed by atoms with E-state index < -0.39 is 117 Å². The van der Waals surface area contributed by atoms with Gasteiger partial charge in [-0.1, -0.05) is 0 Å². The van der Waals surface area contributed by atoms with Crippen LogP contribution in [0.1, 0.15) is 27.7 Å². The van der Waals surface area contributed by atoms with Crippen LogP contribution in [0.4, 0.5) is 0 Å². The molecule has 0 radical (unpaired) electrons. The van der Waals surface area contributed by atoms with E-state index in [-0.39, 0.29) is 19.8 Å². The van der Waals surface area contributed by atoms with Crippen molar-refractivity contribution >= 4 is 23.0 Å². The molecule has 0 aliphatic carbocycles. The molecule has 0 aromatic carbocycles. The molecule has 3 saturated heterocycles. The highest BCUT2D eigenvalue weighted by Gasteiger charge is 2.56. The van der Waals surface area contributed by atoms with E-state index in [2.05, 4.69) is 0 Å². The van der Waals surface area contributed by atoms with Crippen LogP contribution in [0.25, 0.3) is 0 Å². The van der Waals surface area contributed by atoms with Gasteiger partial charge in [-0.3, -0.25) is 0 Å². The fourth-order valence-electron chi connectivity index (χ4n) is 5.74. The Labute approximate surface area is 287 Å². The lowest BCUT2D eigenvalue weighted by atomic mass is 9.86. The number of aliphatic hydroxyl groups excluding tert-OH is 8. The summed E-state index contributed by atoms with van der Waals surface area (Å²) in [6.07, 6.45) is -22.7. The predicted molar refractivity (Wildman–Crippen MR) is 166 cm³/mol. The summed E-state index contributed by atoms with van der Waals surface area (Å²) in [7, 11) is 0. The van der Waals surface area contributed by atoms with Crippen LogP contribution in [0.2, 0.25) is 0 Å². The van der Waals surface area contributed by atoms with Gasteiger partial charge in [0.25, 0.3) is 0 Å². The fourth-order valence-corrected chi connectivity index (χ4v) is 6.10. The normalized spacial score (nSPS) is 41.8. The van der Waals surface area contributed by atoms with Crippen molar-refractivity contribution in [3.63, 3.8) is 0 Å². The zero-order valence-electron chi connectivity index (χ0n) is 26.9. The van der Waals surface area contributed by atoms with Crippen LogP contribution < -0.4 is 5.73 Å². The second-order valence-corrected chi connectivity index (χ2v) is 13.1. The molecule has 0 bridgehead atoms. The molecule has 0 aromatic heterocycles. The van der Waals surface area contributed by atoms with E-state index in [0.717, 1.165) is 0 Å². The van der Waals surface area contributed by atoms with E-state index in [1.165, 1.54) is 0 Å². The highest BCUT2D eigenvalue weighted by molar-refractivity contribution is 14.1. The molecule has 3 aliphatic heterocycles. The van der Waals surface area contributed by atoms with Crippen molar-refractivity contribution in [2.75, 3.05) is 46.2 Å². The summed E-state index contributed by atoms with van der Waals surface area (Å²) >= 11 is 1.61. The maximum atomic E-state index is 11.2. The minimum atomic E-state index is -1.81. The van der Waals surface area contributed by atoms with Gasteiger partial charge in [-0.15, -0.1) is 0 Å². The first kappa shape index (κ1) is 41.4. The Morgan fingerprint density at radius 1 is 0.702 bits per heavy atom. The molecule has 47 heavy (non-hydrogen) atoms. The van der Waals surface area contributed by atoms with E-state index in [9.17, 15) is 40.9 Å². The van der Waals surface area contributed by atoms with Crippen LogP contribution in [-0.4, -0.2) is 191 Å². The summed E-state index contributed by atoms with van der Waals surface area (Å²) in [5, 5.41) is 85.6. The van der Waals surface area contributed by atoms with Crippen molar-refractivity contribution < 1.29 is 81.8 Å². The number of hydrogen-bond donors (Lipinski definition) is 9. The second-order valence-electron chi connectivity index (χ2n) is 12.5. The van der Waals surface area contributed by atoms with E-state index >= 15 is 0 Å². The van der Waals surface area contributed by atoms with Crippen LogP contribution in [0.5, 0.6) is 0 Å². The number of rotatable bonds is 17. The zero-order valence-corrected chi connectivity index (χ0v) is 29.1. The molecule has 278 valence electrons. The van der Waals surface area contributed by atoms with Crippen LogP contribution in [0.3, 0.4) is 0 Å². The van der Waals surface area contributed by atoms with Gasteiger partial charge in [-0.2, -0.15) is 0 Å². The molecule has 3 rings (SSSR count). The lowest BCUT2D eigenvalue weighted by molar-refractivity contribution is -0.388. The third-order valence-electron chi connectivity index (χ3n) is 8.22. The maximum Gasteiger partial charge on any atom is 0.187 e. The maximum absolute atomic E-state index is 11.2. The Kier molecular flexibility index (Phi) is 16.8. The molecule has 0 aromatic rings. The van der Waals surface area contributed by atoms with Gasteiger partial charge in [-0.25, -0.2) is 0 Å². The second kappa shape index (κ2) is 19.0. The number of ether oxygens (including phenoxy) is 8. The summed E-state index contributed by atoms with van der Waals surface area (Å²) in [6.45, 7) is 6.01. The van der Waals surface area contributed by atoms with Gasteiger partial charge in [0.1, 0.15) is 102 Å². The molecule has 3 aliphatic rings. The van der Waals surface area contributed by atoms with E-state index in [0.29, 0.717) is 13.2 Å². The van der Waals surface area contributed by atoms with Crippen molar-refractivity contribution in [3.8, 4) is 0 Å². The molecule has 9 unspecified atom stereocenters. The molecule has 0 saturated carbocycles. The highest BCUT2D eigenvalue weighted by Crippen LogP contribution is 2.37. The molecule has 18 nitrogen and oxygen atoms in total. The number of hydrogen-bond acceptors (Lipinski definition) is 18. The SMILES string of the molecule is CC(C)OC1C(O)[C@H](OC2C(O)[C@H](O)C(CO)O[C@@H]2OC2C(O)[C@H](O)C(CO)O[C@@H]2C(C)(C)OCCOCCN)OC(COI)[C@H]1O. The highest BCUT2D eigenvalue weighted by atomic mass is 127. The van der Waals surface area contributed by atoms with E-state index in [1.54, 1.807) is 50.7 Å². The fraction of sp³-hybridized carbons (Fsp3) is 1.00. The van der Waals surface area contributed by atoms with Gasteiger partial charge < -0.3 is 87.5 Å².